The molecule has 0 saturated carbocycles. The normalized spacial score (nSPS) is 10.8. The summed E-state index contributed by atoms with van der Waals surface area (Å²) in [6.45, 7) is 5.54. The van der Waals surface area contributed by atoms with Crippen molar-refractivity contribution in [2.45, 2.75) is 27.2 Å². The summed E-state index contributed by atoms with van der Waals surface area (Å²) in [7, 11) is 0. The average Bonchev–Trinajstić information content (AvgIpc) is 2.81. The molecule has 2 aromatic rings. The Labute approximate surface area is 104 Å². The van der Waals surface area contributed by atoms with Crippen LogP contribution in [0.25, 0.3) is 11.4 Å². The van der Waals surface area contributed by atoms with Crippen molar-refractivity contribution in [1.29, 1.82) is 0 Å². The van der Waals surface area contributed by atoms with Crippen molar-refractivity contribution in [3.8, 4) is 11.4 Å². The molecule has 2 heterocycles. The van der Waals surface area contributed by atoms with Crippen molar-refractivity contribution in [1.82, 2.24) is 9.97 Å². The second kappa shape index (κ2) is 4.33. The Morgan fingerprint density at radius 1 is 1.59 bits per heavy atom. The van der Waals surface area contributed by atoms with E-state index >= 15 is 0 Å². The first kappa shape index (κ1) is 11.9. The maximum atomic E-state index is 11.6. The standard InChI is InChI=1S/C12H15N3OS/c1-4-8-10(7(3)16)6(2)14-11(8)9-5-17-12(13)15-9/h5,14H,4H2,1-3H3,(H2,13,15). The number of nitrogen functional groups attached to an aromatic ring is 1. The van der Waals surface area contributed by atoms with Crippen LogP contribution in [0.4, 0.5) is 5.13 Å². The van der Waals surface area contributed by atoms with Gasteiger partial charge in [0.15, 0.2) is 10.9 Å². The number of aromatic nitrogens is 2. The zero-order valence-electron chi connectivity index (χ0n) is 10.1. The summed E-state index contributed by atoms with van der Waals surface area (Å²) in [5, 5.41) is 2.45. The molecule has 4 nitrogen and oxygen atoms in total. The van der Waals surface area contributed by atoms with E-state index in [2.05, 4.69) is 9.97 Å². The number of nitrogens with zero attached hydrogens (tertiary/aromatic N) is 1. The minimum Gasteiger partial charge on any atom is -0.375 e. The minimum absolute atomic E-state index is 0.0880. The highest BCUT2D eigenvalue weighted by Gasteiger charge is 2.19. The van der Waals surface area contributed by atoms with Crippen molar-refractivity contribution in [2.24, 2.45) is 0 Å². The number of hydrogen-bond acceptors (Lipinski definition) is 4. The first-order valence-electron chi connectivity index (χ1n) is 5.48. The van der Waals surface area contributed by atoms with E-state index in [4.69, 9.17) is 5.73 Å². The van der Waals surface area contributed by atoms with Crippen LogP contribution in [0.3, 0.4) is 0 Å². The van der Waals surface area contributed by atoms with Crippen LogP contribution in [-0.2, 0) is 6.42 Å². The molecular formula is C12H15N3OS. The zero-order chi connectivity index (χ0) is 12.6. The van der Waals surface area contributed by atoms with Gasteiger partial charge in [-0.2, -0.15) is 0 Å². The van der Waals surface area contributed by atoms with Gasteiger partial charge in [-0.15, -0.1) is 11.3 Å². The van der Waals surface area contributed by atoms with E-state index in [1.807, 2.05) is 19.2 Å². The van der Waals surface area contributed by atoms with E-state index in [0.717, 1.165) is 34.6 Å². The maximum absolute atomic E-state index is 11.6. The summed E-state index contributed by atoms with van der Waals surface area (Å²) in [6.07, 6.45) is 0.798. The molecule has 0 aliphatic rings. The third-order valence-electron chi connectivity index (χ3n) is 2.77. The van der Waals surface area contributed by atoms with Gasteiger partial charge in [-0.05, 0) is 25.8 Å². The van der Waals surface area contributed by atoms with E-state index in [9.17, 15) is 4.79 Å². The predicted molar refractivity (Wildman–Crippen MR) is 70.4 cm³/mol. The highest BCUT2D eigenvalue weighted by atomic mass is 32.1. The van der Waals surface area contributed by atoms with Gasteiger partial charge in [0.1, 0.15) is 5.69 Å². The van der Waals surface area contributed by atoms with Crippen LogP contribution in [0.2, 0.25) is 0 Å². The molecule has 2 aromatic heterocycles. The molecule has 0 saturated heterocycles. The number of carbonyl (C=O) groups is 1. The van der Waals surface area contributed by atoms with Crippen LogP contribution in [0.5, 0.6) is 0 Å². The topological polar surface area (TPSA) is 71.8 Å². The van der Waals surface area contributed by atoms with Gasteiger partial charge in [-0.1, -0.05) is 6.92 Å². The number of aryl methyl sites for hydroxylation is 1. The Balaban J connectivity index is 2.63. The van der Waals surface area contributed by atoms with Crippen LogP contribution < -0.4 is 5.73 Å². The lowest BCUT2D eigenvalue weighted by Crippen LogP contribution is -1.97. The number of aromatic amines is 1. The first-order chi connectivity index (χ1) is 8.04. The number of anilines is 1. The summed E-state index contributed by atoms with van der Waals surface area (Å²) in [4.78, 5) is 19.1. The van der Waals surface area contributed by atoms with Gasteiger partial charge in [0, 0.05) is 16.6 Å². The third-order valence-corrected chi connectivity index (χ3v) is 3.45. The SMILES string of the molecule is CCc1c(-c2csc(N)n2)[nH]c(C)c1C(C)=O. The molecule has 0 unspecified atom stereocenters. The lowest BCUT2D eigenvalue weighted by atomic mass is 10.0. The fraction of sp³-hybridized carbons (Fsp3) is 0.333. The van der Waals surface area contributed by atoms with Gasteiger partial charge in [0.05, 0.1) is 5.69 Å². The van der Waals surface area contributed by atoms with Gasteiger partial charge in [0.25, 0.3) is 0 Å². The molecular weight excluding hydrogens is 234 g/mol. The largest absolute Gasteiger partial charge is 0.375 e. The van der Waals surface area contributed by atoms with Crippen molar-refractivity contribution in [3.05, 3.63) is 22.2 Å². The number of H-pyrrole nitrogens is 1. The summed E-state index contributed by atoms with van der Waals surface area (Å²) >= 11 is 1.40. The lowest BCUT2D eigenvalue weighted by Gasteiger charge is -2.00. The van der Waals surface area contributed by atoms with Crippen molar-refractivity contribution < 1.29 is 4.79 Å². The molecule has 0 amide bonds. The van der Waals surface area contributed by atoms with Crippen molar-refractivity contribution in [3.63, 3.8) is 0 Å². The number of nitrogens with one attached hydrogen (secondary N) is 1. The average molecular weight is 249 g/mol. The number of Topliss-reactive ketones (excluding diaryl/α,β-unsaturated/α-hetero) is 1. The fourth-order valence-electron chi connectivity index (χ4n) is 2.13. The number of thiazole rings is 1. The van der Waals surface area contributed by atoms with Gasteiger partial charge in [-0.3, -0.25) is 4.79 Å². The van der Waals surface area contributed by atoms with Crippen molar-refractivity contribution in [2.75, 3.05) is 5.73 Å². The van der Waals surface area contributed by atoms with Gasteiger partial charge < -0.3 is 10.7 Å². The number of carbonyl (C=O) groups excluding carboxylic acids is 1. The monoisotopic (exact) mass is 249 g/mol. The summed E-state index contributed by atoms with van der Waals surface area (Å²) < 4.78 is 0. The van der Waals surface area contributed by atoms with E-state index in [1.165, 1.54) is 11.3 Å². The number of ketones is 1. The first-order valence-corrected chi connectivity index (χ1v) is 6.36. The Hall–Kier alpha value is -1.62. The molecule has 0 aliphatic carbocycles. The molecule has 17 heavy (non-hydrogen) atoms. The Morgan fingerprint density at radius 3 is 2.76 bits per heavy atom. The molecule has 90 valence electrons. The Kier molecular flexibility index (Phi) is 3.02. The minimum atomic E-state index is 0.0880. The molecule has 0 aliphatic heterocycles. The molecule has 0 bridgehead atoms. The molecule has 0 atom stereocenters. The highest BCUT2D eigenvalue weighted by molar-refractivity contribution is 7.13. The molecule has 2 rings (SSSR count). The van der Waals surface area contributed by atoms with Crippen LogP contribution in [0.1, 0.15) is 35.5 Å². The van der Waals surface area contributed by atoms with E-state index in [0.29, 0.717) is 5.13 Å². The number of nitrogens with two attached hydrogens (primary N) is 1. The third kappa shape index (κ3) is 1.98. The Morgan fingerprint density at radius 2 is 2.29 bits per heavy atom. The molecule has 0 radical (unpaired) electrons. The van der Waals surface area contributed by atoms with Crippen molar-refractivity contribution >= 4 is 22.3 Å². The van der Waals surface area contributed by atoms with Gasteiger partial charge in [0.2, 0.25) is 0 Å². The number of hydrogen-bond donors (Lipinski definition) is 2. The molecule has 0 aromatic carbocycles. The van der Waals surface area contributed by atoms with E-state index < -0.39 is 0 Å². The van der Waals surface area contributed by atoms with Crippen LogP contribution in [0, 0.1) is 6.92 Å². The second-order valence-corrected chi connectivity index (χ2v) is 4.85. The van der Waals surface area contributed by atoms with Crippen LogP contribution >= 0.6 is 11.3 Å². The zero-order valence-corrected chi connectivity index (χ0v) is 10.9. The Bertz CT molecular complexity index is 568. The van der Waals surface area contributed by atoms with E-state index in [-0.39, 0.29) is 5.78 Å². The fourth-order valence-corrected chi connectivity index (χ4v) is 2.68. The quantitative estimate of drug-likeness (QED) is 0.822. The van der Waals surface area contributed by atoms with Gasteiger partial charge in [-0.25, -0.2) is 4.98 Å². The van der Waals surface area contributed by atoms with Gasteiger partial charge >= 0.3 is 0 Å². The molecule has 0 fully saturated rings. The summed E-state index contributed by atoms with van der Waals surface area (Å²) in [6, 6.07) is 0. The molecule has 3 N–H and O–H groups in total. The summed E-state index contributed by atoms with van der Waals surface area (Å²) in [5.41, 5.74) is 10.1. The van der Waals surface area contributed by atoms with Crippen LogP contribution in [-0.4, -0.2) is 15.8 Å². The highest BCUT2D eigenvalue weighted by Crippen LogP contribution is 2.30. The maximum Gasteiger partial charge on any atom is 0.180 e. The summed E-state index contributed by atoms with van der Waals surface area (Å²) in [5.74, 6) is 0.0880. The molecule has 0 spiro atoms. The number of rotatable bonds is 3. The molecule has 5 heteroatoms. The second-order valence-electron chi connectivity index (χ2n) is 3.96. The smallest absolute Gasteiger partial charge is 0.180 e. The van der Waals surface area contributed by atoms with E-state index in [1.54, 1.807) is 6.92 Å². The predicted octanol–water partition coefficient (Wildman–Crippen LogP) is 2.79. The van der Waals surface area contributed by atoms with Crippen LogP contribution in [0.15, 0.2) is 5.38 Å². The lowest BCUT2D eigenvalue weighted by molar-refractivity contribution is 0.101.